The summed E-state index contributed by atoms with van der Waals surface area (Å²) in [4.78, 5) is 36.2. The van der Waals surface area contributed by atoms with Crippen LogP contribution in [0.25, 0.3) is 17.0 Å². The summed E-state index contributed by atoms with van der Waals surface area (Å²) in [7, 11) is 0. The van der Waals surface area contributed by atoms with Crippen molar-refractivity contribution >= 4 is 29.0 Å². The van der Waals surface area contributed by atoms with E-state index < -0.39 is 17.6 Å². The van der Waals surface area contributed by atoms with Gasteiger partial charge in [0.1, 0.15) is 29.3 Å². The summed E-state index contributed by atoms with van der Waals surface area (Å²) in [5, 5.41) is 0.498. The summed E-state index contributed by atoms with van der Waals surface area (Å²) in [5.41, 5.74) is 1.04. The van der Waals surface area contributed by atoms with Gasteiger partial charge >= 0.3 is 17.6 Å². The van der Waals surface area contributed by atoms with Gasteiger partial charge in [-0.25, -0.2) is 14.4 Å². The quantitative estimate of drug-likeness (QED) is 0.152. The lowest BCUT2D eigenvalue weighted by molar-refractivity contribution is -0.128. The third-order valence-electron chi connectivity index (χ3n) is 4.96. The maximum Gasteiger partial charge on any atom is 0.351 e. The number of benzene rings is 3. The number of fused-ring (bicyclic) bond motifs is 1. The molecule has 0 spiro atoms. The number of esters is 2. The monoisotopic (exact) mass is 470 g/mol. The topological polar surface area (TPSA) is 92.0 Å². The Kier molecular flexibility index (Phi) is 7.37. The molecule has 0 atom stereocenters. The van der Waals surface area contributed by atoms with Crippen molar-refractivity contribution in [2.75, 3.05) is 6.61 Å². The van der Waals surface area contributed by atoms with Gasteiger partial charge in [0.25, 0.3) is 0 Å². The van der Waals surface area contributed by atoms with Crippen molar-refractivity contribution in [1.82, 2.24) is 0 Å². The number of hydrogen-bond acceptors (Lipinski definition) is 7. The first-order valence-corrected chi connectivity index (χ1v) is 10.9. The van der Waals surface area contributed by atoms with Crippen LogP contribution in [0.2, 0.25) is 0 Å². The van der Waals surface area contributed by atoms with E-state index in [1.165, 1.54) is 18.2 Å². The van der Waals surface area contributed by atoms with Crippen molar-refractivity contribution in [1.29, 1.82) is 0 Å². The molecule has 0 amide bonds. The highest BCUT2D eigenvalue weighted by atomic mass is 16.5. The van der Waals surface area contributed by atoms with Gasteiger partial charge in [-0.1, -0.05) is 42.5 Å². The summed E-state index contributed by atoms with van der Waals surface area (Å²) in [6, 6.07) is 23.1. The summed E-state index contributed by atoms with van der Waals surface area (Å²) >= 11 is 0. The molecule has 4 aromatic rings. The second-order valence-electron chi connectivity index (χ2n) is 7.47. The Labute approximate surface area is 201 Å². The Balaban J connectivity index is 1.37. The molecule has 0 fully saturated rings. The normalized spacial score (nSPS) is 10.9. The molecule has 7 nitrogen and oxygen atoms in total. The maximum absolute atomic E-state index is 12.2. The van der Waals surface area contributed by atoms with Crippen LogP contribution in [0.15, 0.2) is 94.2 Å². The molecule has 7 heteroatoms. The van der Waals surface area contributed by atoms with E-state index >= 15 is 0 Å². The van der Waals surface area contributed by atoms with Crippen molar-refractivity contribution in [2.45, 2.75) is 13.5 Å². The van der Waals surface area contributed by atoms with Gasteiger partial charge < -0.3 is 18.6 Å². The molecular formula is C28H22O7. The second kappa shape index (κ2) is 11.0. The van der Waals surface area contributed by atoms with E-state index in [-0.39, 0.29) is 23.5 Å². The number of carbonyl (C=O) groups excluding carboxylic acids is 2. The van der Waals surface area contributed by atoms with Crippen LogP contribution >= 0.6 is 0 Å². The van der Waals surface area contributed by atoms with E-state index in [1.54, 1.807) is 25.1 Å². The largest absolute Gasteiger partial charge is 0.489 e. The molecule has 0 radical (unpaired) electrons. The Hall–Kier alpha value is -4.65. The van der Waals surface area contributed by atoms with Gasteiger partial charge in [0.2, 0.25) is 0 Å². The van der Waals surface area contributed by atoms with Gasteiger partial charge in [0.15, 0.2) is 0 Å². The predicted octanol–water partition coefficient (Wildman–Crippen LogP) is 5.17. The molecule has 0 saturated carbocycles. The molecule has 35 heavy (non-hydrogen) atoms. The average molecular weight is 470 g/mol. The van der Waals surface area contributed by atoms with E-state index in [1.807, 2.05) is 54.6 Å². The standard InChI is InChI=1S/C28H22O7/c1-2-32-27(30)24-16-21-11-14-23(17-25(21)35-28(24)31)34-26(29)15-10-19-8-12-22(13-9-19)33-18-20-6-4-3-5-7-20/h3-17H,2,18H2,1H3/b15-10+. The zero-order valence-electron chi connectivity index (χ0n) is 18.9. The molecule has 4 rings (SSSR count). The highest BCUT2D eigenvalue weighted by Crippen LogP contribution is 2.21. The van der Waals surface area contributed by atoms with Crippen LogP contribution in [-0.4, -0.2) is 18.5 Å². The molecule has 1 heterocycles. The fourth-order valence-electron chi connectivity index (χ4n) is 3.24. The first-order chi connectivity index (χ1) is 17.0. The van der Waals surface area contributed by atoms with Crippen molar-refractivity contribution in [2.24, 2.45) is 0 Å². The van der Waals surface area contributed by atoms with Gasteiger partial charge in [-0.05, 0) is 54.5 Å². The van der Waals surface area contributed by atoms with Crippen LogP contribution in [0.1, 0.15) is 28.4 Å². The van der Waals surface area contributed by atoms with E-state index in [9.17, 15) is 14.4 Å². The molecule has 0 N–H and O–H groups in total. The lowest BCUT2D eigenvalue weighted by Gasteiger charge is -2.06. The number of hydrogen-bond donors (Lipinski definition) is 0. The van der Waals surface area contributed by atoms with E-state index in [2.05, 4.69) is 0 Å². The zero-order valence-corrected chi connectivity index (χ0v) is 18.9. The van der Waals surface area contributed by atoms with Crippen LogP contribution in [0.4, 0.5) is 0 Å². The van der Waals surface area contributed by atoms with E-state index in [4.69, 9.17) is 18.6 Å². The zero-order chi connectivity index (χ0) is 24.6. The van der Waals surface area contributed by atoms with E-state index in [0.29, 0.717) is 12.0 Å². The fourth-order valence-corrected chi connectivity index (χ4v) is 3.24. The lowest BCUT2D eigenvalue weighted by atomic mass is 10.2. The molecule has 0 aliphatic carbocycles. The molecule has 0 aliphatic heterocycles. The van der Waals surface area contributed by atoms with Gasteiger partial charge in [-0.2, -0.15) is 0 Å². The van der Waals surface area contributed by atoms with E-state index in [0.717, 1.165) is 16.9 Å². The molecule has 3 aromatic carbocycles. The summed E-state index contributed by atoms with van der Waals surface area (Å²) in [6.45, 7) is 2.26. The Morgan fingerprint density at radius 1 is 0.914 bits per heavy atom. The van der Waals surface area contributed by atoms with Gasteiger partial charge in [-0.3, -0.25) is 0 Å². The minimum atomic E-state index is -0.824. The van der Waals surface area contributed by atoms with Crippen LogP contribution in [-0.2, 0) is 16.1 Å². The SMILES string of the molecule is CCOC(=O)c1cc2ccc(OC(=O)/C=C/c3ccc(OCc4ccccc4)cc3)cc2oc1=O. The number of carbonyl (C=O) groups is 2. The summed E-state index contributed by atoms with van der Waals surface area (Å²) in [5.74, 6) is -0.431. The molecule has 0 aliphatic rings. The molecule has 176 valence electrons. The fraction of sp³-hybridized carbons (Fsp3) is 0.107. The molecule has 0 unspecified atom stereocenters. The maximum atomic E-state index is 12.2. The van der Waals surface area contributed by atoms with Crippen molar-refractivity contribution in [3.63, 3.8) is 0 Å². The number of ether oxygens (including phenoxy) is 3. The Morgan fingerprint density at radius 3 is 2.40 bits per heavy atom. The van der Waals surface area contributed by atoms with Crippen LogP contribution in [0.3, 0.4) is 0 Å². The van der Waals surface area contributed by atoms with Crippen molar-refractivity contribution in [3.8, 4) is 11.5 Å². The average Bonchev–Trinajstić information content (AvgIpc) is 2.87. The highest BCUT2D eigenvalue weighted by molar-refractivity contribution is 5.93. The highest BCUT2D eigenvalue weighted by Gasteiger charge is 2.15. The second-order valence-corrected chi connectivity index (χ2v) is 7.47. The third-order valence-corrected chi connectivity index (χ3v) is 4.96. The summed E-state index contributed by atoms with van der Waals surface area (Å²) < 4.78 is 21.1. The molecule has 0 bridgehead atoms. The molecular weight excluding hydrogens is 448 g/mol. The van der Waals surface area contributed by atoms with Crippen LogP contribution in [0, 0.1) is 0 Å². The van der Waals surface area contributed by atoms with Crippen LogP contribution < -0.4 is 15.1 Å². The molecule has 1 aromatic heterocycles. The van der Waals surface area contributed by atoms with Gasteiger partial charge in [0, 0.05) is 17.5 Å². The Bertz CT molecular complexity index is 1420. The molecule has 0 saturated heterocycles. The third kappa shape index (κ3) is 6.23. The van der Waals surface area contributed by atoms with Crippen LogP contribution in [0.5, 0.6) is 11.5 Å². The lowest BCUT2D eigenvalue weighted by Crippen LogP contribution is -2.16. The van der Waals surface area contributed by atoms with Crippen molar-refractivity contribution in [3.05, 3.63) is 112 Å². The Morgan fingerprint density at radius 2 is 1.66 bits per heavy atom. The van der Waals surface area contributed by atoms with Gasteiger partial charge in [0.05, 0.1) is 6.61 Å². The first-order valence-electron chi connectivity index (χ1n) is 10.9. The number of rotatable bonds is 8. The minimum Gasteiger partial charge on any atom is -0.489 e. The first kappa shape index (κ1) is 23.5. The smallest absolute Gasteiger partial charge is 0.351 e. The minimum absolute atomic E-state index is 0.144. The summed E-state index contributed by atoms with van der Waals surface area (Å²) in [6.07, 6.45) is 2.92. The van der Waals surface area contributed by atoms with Crippen molar-refractivity contribution < 1.29 is 28.2 Å². The van der Waals surface area contributed by atoms with Gasteiger partial charge in [-0.15, -0.1) is 0 Å². The predicted molar refractivity (Wildman–Crippen MR) is 130 cm³/mol.